The summed E-state index contributed by atoms with van der Waals surface area (Å²) in [6, 6.07) is 0. The standard InChI is InChI=1S/C4H10O2.2CH2F2O3S/c1-4(6)2-3-5;2*2-1(3)7(4,5)6/h4-6H,2-3H2,1H3;2*1H,(H,4,5,6). The fraction of sp³-hybridized carbons (Fsp3) is 1.00. The summed E-state index contributed by atoms with van der Waals surface area (Å²) in [6.45, 7) is 1.73. The molecule has 0 bridgehead atoms. The van der Waals surface area contributed by atoms with Crippen molar-refractivity contribution in [3.05, 3.63) is 0 Å². The molecule has 0 aromatic carbocycles. The van der Waals surface area contributed by atoms with Crippen LogP contribution in [-0.4, -0.2) is 60.4 Å². The minimum Gasteiger partial charge on any atom is -0.396 e. The van der Waals surface area contributed by atoms with Gasteiger partial charge in [-0.05, 0) is 13.3 Å². The third-order valence-electron chi connectivity index (χ3n) is 0.997. The van der Waals surface area contributed by atoms with Gasteiger partial charge in [0.1, 0.15) is 0 Å². The lowest BCUT2D eigenvalue weighted by atomic mass is 10.3. The van der Waals surface area contributed by atoms with E-state index in [1.54, 1.807) is 6.92 Å². The van der Waals surface area contributed by atoms with Crippen LogP contribution in [0.1, 0.15) is 13.3 Å². The maximum Gasteiger partial charge on any atom is 0.361 e. The van der Waals surface area contributed by atoms with Crippen LogP contribution in [0.4, 0.5) is 17.6 Å². The molecule has 0 aromatic heterocycles. The molecule has 4 N–H and O–H groups in total. The topological polar surface area (TPSA) is 149 Å². The predicted molar refractivity (Wildman–Crippen MR) is 58.5 cm³/mol. The summed E-state index contributed by atoms with van der Waals surface area (Å²) >= 11 is 0. The number of rotatable bonds is 4. The molecule has 126 valence electrons. The maximum atomic E-state index is 10.7. The van der Waals surface area contributed by atoms with E-state index in [1.165, 1.54) is 0 Å². The lowest BCUT2D eigenvalue weighted by Gasteiger charge is -1.95. The third-order valence-corrected chi connectivity index (χ3v) is 1.90. The maximum absolute atomic E-state index is 10.7. The Morgan fingerprint density at radius 3 is 1.10 bits per heavy atom. The van der Waals surface area contributed by atoms with Crippen LogP contribution in [0.5, 0.6) is 0 Å². The summed E-state index contributed by atoms with van der Waals surface area (Å²) in [6.07, 6.45) is 0.134. The summed E-state index contributed by atoms with van der Waals surface area (Å²) in [7, 11) is -10.1. The first-order valence-electron chi connectivity index (χ1n) is 4.44. The highest BCUT2D eigenvalue weighted by Crippen LogP contribution is 1.99. The molecule has 0 amide bonds. The smallest absolute Gasteiger partial charge is 0.361 e. The quantitative estimate of drug-likeness (QED) is 0.405. The van der Waals surface area contributed by atoms with Crippen LogP contribution in [0.2, 0.25) is 0 Å². The van der Waals surface area contributed by atoms with Gasteiger partial charge in [0, 0.05) is 6.61 Å². The SMILES string of the molecule is CC(O)CCO.O=S(=O)(O)C(F)F.O=S(=O)(O)C(F)F. The molecule has 8 nitrogen and oxygen atoms in total. The fourth-order valence-corrected chi connectivity index (χ4v) is 0.187. The van der Waals surface area contributed by atoms with E-state index >= 15 is 0 Å². The molecule has 0 radical (unpaired) electrons. The van der Waals surface area contributed by atoms with Gasteiger partial charge in [-0.25, -0.2) is 0 Å². The zero-order valence-electron chi connectivity index (χ0n) is 9.90. The van der Waals surface area contributed by atoms with Gasteiger partial charge in [0.15, 0.2) is 0 Å². The average Bonchev–Trinajstić information content (AvgIpc) is 2.15. The van der Waals surface area contributed by atoms with E-state index in [9.17, 15) is 17.6 Å². The van der Waals surface area contributed by atoms with E-state index in [2.05, 4.69) is 0 Å². The molecule has 0 aliphatic carbocycles. The first-order valence-corrected chi connectivity index (χ1v) is 7.44. The Hall–Kier alpha value is -0.540. The zero-order chi connectivity index (χ0) is 17.1. The molecular formula is C6H14F4O8S2. The molecule has 0 fully saturated rings. The Bertz CT molecular complexity index is 382. The Morgan fingerprint density at radius 1 is 0.900 bits per heavy atom. The van der Waals surface area contributed by atoms with Crippen LogP contribution in [0.3, 0.4) is 0 Å². The van der Waals surface area contributed by atoms with E-state index < -0.39 is 31.8 Å². The van der Waals surface area contributed by atoms with E-state index in [4.69, 9.17) is 36.2 Å². The number of halogens is 4. The van der Waals surface area contributed by atoms with Gasteiger partial charge in [-0.1, -0.05) is 0 Å². The molecule has 1 unspecified atom stereocenters. The number of aliphatic hydroxyl groups is 2. The Kier molecular flexibility index (Phi) is 13.7. The van der Waals surface area contributed by atoms with Gasteiger partial charge in [-0.15, -0.1) is 0 Å². The fourth-order valence-electron chi connectivity index (χ4n) is 0.187. The highest BCUT2D eigenvalue weighted by molar-refractivity contribution is 7.86. The number of aliphatic hydroxyl groups excluding tert-OH is 2. The zero-order valence-corrected chi connectivity index (χ0v) is 11.5. The molecule has 0 aromatic rings. The van der Waals surface area contributed by atoms with Crippen LogP contribution in [-0.2, 0) is 20.2 Å². The van der Waals surface area contributed by atoms with Crippen molar-refractivity contribution in [1.82, 2.24) is 0 Å². The largest absolute Gasteiger partial charge is 0.396 e. The molecular weight excluding hydrogens is 340 g/mol. The predicted octanol–water partition coefficient (Wildman–Crippen LogP) is -0.0568. The lowest BCUT2D eigenvalue weighted by molar-refractivity contribution is 0.148. The summed E-state index contributed by atoms with van der Waals surface area (Å²) < 4.78 is 94.0. The van der Waals surface area contributed by atoms with Gasteiger partial charge < -0.3 is 10.2 Å². The van der Waals surface area contributed by atoms with E-state index in [-0.39, 0.29) is 12.7 Å². The van der Waals surface area contributed by atoms with Crippen LogP contribution < -0.4 is 0 Å². The van der Waals surface area contributed by atoms with Gasteiger partial charge in [0.05, 0.1) is 6.10 Å². The molecule has 0 heterocycles. The molecule has 1 atom stereocenters. The molecule has 0 aliphatic heterocycles. The van der Waals surface area contributed by atoms with Crippen molar-refractivity contribution < 1.29 is 53.7 Å². The van der Waals surface area contributed by atoms with Gasteiger partial charge in [0.25, 0.3) is 0 Å². The molecule has 0 aliphatic rings. The second-order valence-corrected chi connectivity index (χ2v) is 5.69. The number of hydrogen-bond acceptors (Lipinski definition) is 6. The van der Waals surface area contributed by atoms with Gasteiger partial charge in [0.2, 0.25) is 0 Å². The van der Waals surface area contributed by atoms with Gasteiger partial charge >= 0.3 is 31.8 Å². The second-order valence-electron chi connectivity index (χ2n) is 2.91. The van der Waals surface area contributed by atoms with Crippen LogP contribution in [0.15, 0.2) is 0 Å². The van der Waals surface area contributed by atoms with Gasteiger partial charge in [-0.2, -0.15) is 34.4 Å². The molecule has 0 saturated heterocycles. The Morgan fingerprint density at radius 2 is 1.10 bits per heavy atom. The Labute approximate surface area is 112 Å². The first kappa shape index (κ1) is 24.5. The van der Waals surface area contributed by atoms with Crippen molar-refractivity contribution in [1.29, 1.82) is 0 Å². The van der Waals surface area contributed by atoms with Crippen molar-refractivity contribution in [2.75, 3.05) is 6.61 Å². The van der Waals surface area contributed by atoms with Crippen molar-refractivity contribution in [3.63, 3.8) is 0 Å². The average molecular weight is 354 g/mol. The summed E-state index contributed by atoms with van der Waals surface area (Å²) in [5.74, 6) is -7.35. The Balaban J connectivity index is -0.000000218. The highest BCUT2D eigenvalue weighted by atomic mass is 32.2. The monoisotopic (exact) mass is 354 g/mol. The van der Waals surface area contributed by atoms with Crippen molar-refractivity contribution in [2.45, 2.75) is 31.0 Å². The van der Waals surface area contributed by atoms with Crippen molar-refractivity contribution in [3.8, 4) is 0 Å². The number of alkyl halides is 4. The van der Waals surface area contributed by atoms with E-state index in [0.717, 1.165) is 0 Å². The molecule has 14 heteroatoms. The van der Waals surface area contributed by atoms with E-state index in [1.807, 2.05) is 0 Å². The van der Waals surface area contributed by atoms with Crippen LogP contribution in [0.25, 0.3) is 0 Å². The first-order chi connectivity index (χ1) is 8.66. The lowest BCUT2D eigenvalue weighted by Crippen LogP contribution is -2.07. The third kappa shape index (κ3) is 22.6. The minimum absolute atomic E-state index is 0.0810. The van der Waals surface area contributed by atoms with Crippen LogP contribution in [0, 0.1) is 0 Å². The van der Waals surface area contributed by atoms with Crippen LogP contribution >= 0.6 is 0 Å². The van der Waals surface area contributed by atoms with Gasteiger partial charge in [-0.3, -0.25) is 9.11 Å². The molecule has 20 heavy (non-hydrogen) atoms. The molecule has 0 spiro atoms. The summed E-state index contributed by atoms with van der Waals surface area (Å²) in [5, 5.41) is 16.5. The second kappa shape index (κ2) is 11.2. The van der Waals surface area contributed by atoms with Crippen molar-refractivity contribution >= 4 is 20.2 Å². The summed E-state index contributed by atoms with van der Waals surface area (Å²) in [4.78, 5) is 0. The van der Waals surface area contributed by atoms with E-state index in [0.29, 0.717) is 6.42 Å². The van der Waals surface area contributed by atoms with Crippen molar-refractivity contribution in [2.24, 2.45) is 0 Å². The highest BCUT2D eigenvalue weighted by Gasteiger charge is 2.19. The molecule has 0 saturated carbocycles. The minimum atomic E-state index is -5.07. The normalized spacial score (nSPS) is 13.2. The summed E-state index contributed by atoms with van der Waals surface area (Å²) in [5.41, 5.74) is 0. The number of hydrogen-bond donors (Lipinski definition) is 4. The molecule has 0 rings (SSSR count).